The average Bonchev–Trinajstić information content (AvgIpc) is 3.32. The molecule has 2 aliphatic rings. The van der Waals surface area contributed by atoms with Crippen molar-refractivity contribution in [3.63, 3.8) is 0 Å². The number of halogens is 3. The third-order valence-corrected chi connectivity index (χ3v) is 7.88. The lowest BCUT2D eigenvalue weighted by atomic mass is 9.79. The molecular formula is C29H38BF3N6O5. The molecule has 11 nitrogen and oxygen atoms in total. The first-order chi connectivity index (χ1) is 20.8. The number of hydrogen-bond acceptors (Lipinski definition) is 8. The minimum absolute atomic E-state index is 0.0123. The maximum absolute atomic E-state index is 13.3. The van der Waals surface area contributed by atoms with Crippen molar-refractivity contribution in [1.29, 1.82) is 0 Å². The predicted octanol–water partition coefficient (Wildman–Crippen LogP) is 0.410. The Hall–Kier alpha value is -3.50. The fraction of sp³-hybridized carbons (Fsp3) is 0.483. The number of nitrogens with one attached hydrogen (secondary N) is 3. The van der Waals surface area contributed by atoms with Gasteiger partial charge in [-0.25, -0.2) is 0 Å². The molecule has 1 aliphatic carbocycles. The highest BCUT2D eigenvalue weighted by Gasteiger charge is 2.31. The Morgan fingerprint density at radius 2 is 1.68 bits per heavy atom. The zero-order chi connectivity index (χ0) is 32.0. The van der Waals surface area contributed by atoms with E-state index in [2.05, 4.69) is 16.0 Å². The van der Waals surface area contributed by atoms with Gasteiger partial charge in [-0.2, -0.15) is 13.2 Å². The summed E-state index contributed by atoms with van der Waals surface area (Å²) in [5.74, 6) is -1.54. The number of amides is 3. The van der Waals surface area contributed by atoms with E-state index in [-0.39, 0.29) is 56.3 Å². The van der Waals surface area contributed by atoms with Crippen LogP contribution in [0.5, 0.6) is 0 Å². The average molecular weight is 618 g/mol. The van der Waals surface area contributed by atoms with E-state index < -0.39 is 42.8 Å². The maximum atomic E-state index is 13.3. The monoisotopic (exact) mass is 618 g/mol. The first-order valence-corrected chi connectivity index (χ1v) is 14.5. The summed E-state index contributed by atoms with van der Waals surface area (Å²) >= 11 is 0. The van der Waals surface area contributed by atoms with E-state index in [9.17, 15) is 32.6 Å². The summed E-state index contributed by atoms with van der Waals surface area (Å²) in [4.78, 5) is 38.8. The normalized spacial score (nSPS) is 21.2. The molecular weight excluding hydrogens is 580 g/mol. The van der Waals surface area contributed by atoms with Crippen LogP contribution in [0.1, 0.15) is 55.2 Å². The molecule has 44 heavy (non-hydrogen) atoms. The fourth-order valence-corrected chi connectivity index (χ4v) is 5.48. The van der Waals surface area contributed by atoms with Crippen molar-refractivity contribution in [1.82, 2.24) is 10.6 Å². The number of aryl methyl sites for hydroxylation is 1. The van der Waals surface area contributed by atoms with Gasteiger partial charge in [0.25, 0.3) is 0 Å². The second-order valence-corrected chi connectivity index (χ2v) is 11.5. The zero-order valence-corrected chi connectivity index (χ0v) is 24.1. The maximum Gasteiger partial charge on any atom is 0.491 e. The van der Waals surface area contributed by atoms with Crippen LogP contribution in [-0.2, 0) is 38.2 Å². The summed E-state index contributed by atoms with van der Waals surface area (Å²) in [6, 6.07) is 6.87. The Morgan fingerprint density at radius 3 is 2.34 bits per heavy atom. The van der Waals surface area contributed by atoms with Crippen molar-refractivity contribution in [3.05, 3.63) is 59.2 Å². The number of carbonyl (C=O) groups excluding carboxylic acids is 3. The van der Waals surface area contributed by atoms with Gasteiger partial charge in [-0.3, -0.25) is 14.4 Å². The predicted molar refractivity (Wildman–Crippen MR) is 158 cm³/mol. The molecule has 238 valence electrons. The Balaban J connectivity index is 1.37. The Labute approximate surface area is 253 Å². The van der Waals surface area contributed by atoms with Crippen molar-refractivity contribution >= 4 is 36.0 Å². The highest BCUT2D eigenvalue weighted by atomic mass is 19.4. The Bertz CT molecular complexity index is 1320. The second kappa shape index (κ2) is 14.5. The number of benzene rings is 2. The largest absolute Gasteiger partial charge is 0.491 e. The smallest absolute Gasteiger partial charge is 0.423 e. The number of rotatable bonds is 11. The lowest BCUT2D eigenvalue weighted by Gasteiger charge is -2.31. The number of hydrogen-bond donors (Lipinski definition) is 7. The first-order valence-electron chi connectivity index (χ1n) is 14.5. The van der Waals surface area contributed by atoms with Crippen LogP contribution in [0.2, 0.25) is 0 Å². The number of nitrogens with two attached hydrogens (primary N) is 3. The van der Waals surface area contributed by atoms with Crippen LogP contribution < -0.4 is 38.6 Å². The number of carbonyl (C=O) groups is 3. The van der Waals surface area contributed by atoms with Crippen molar-refractivity contribution in [2.75, 3.05) is 5.32 Å². The van der Waals surface area contributed by atoms with Crippen LogP contribution >= 0.6 is 0 Å². The first kappa shape index (κ1) is 33.4. The van der Waals surface area contributed by atoms with Gasteiger partial charge in [0.15, 0.2) is 0 Å². The van der Waals surface area contributed by atoms with E-state index in [1.165, 1.54) is 12.1 Å². The van der Waals surface area contributed by atoms with Crippen molar-refractivity contribution in [3.8, 4) is 0 Å². The van der Waals surface area contributed by atoms with Crippen molar-refractivity contribution in [2.24, 2.45) is 17.2 Å². The molecule has 1 saturated carbocycles. The highest BCUT2D eigenvalue weighted by Crippen LogP contribution is 2.29. The zero-order valence-electron chi connectivity index (χ0n) is 24.1. The van der Waals surface area contributed by atoms with Crippen molar-refractivity contribution in [2.45, 2.75) is 87.9 Å². The summed E-state index contributed by atoms with van der Waals surface area (Å²) in [6.07, 6.45) is -2.36. The molecule has 1 fully saturated rings. The Morgan fingerprint density at radius 1 is 1.00 bits per heavy atom. The van der Waals surface area contributed by atoms with Gasteiger partial charge in [0.05, 0.1) is 18.2 Å². The highest BCUT2D eigenvalue weighted by molar-refractivity contribution is 6.61. The molecule has 1 heterocycles. The number of fused-ring (bicyclic) bond motifs is 1. The molecule has 2 aromatic rings. The number of anilines is 1. The summed E-state index contributed by atoms with van der Waals surface area (Å²) in [5.41, 5.74) is 19.4. The van der Waals surface area contributed by atoms with Gasteiger partial charge in [-0.15, -0.1) is 0 Å². The van der Waals surface area contributed by atoms with Gasteiger partial charge in [0.2, 0.25) is 17.7 Å². The van der Waals surface area contributed by atoms with Gasteiger partial charge in [-0.05, 0) is 79.4 Å². The number of alkyl halides is 3. The minimum Gasteiger partial charge on any atom is -0.423 e. The van der Waals surface area contributed by atoms with Crippen molar-refractivity contribution < 1.29 is 37.2 Å². The molecule has 15 heteroatoms. The van der Waals surface area contributed by atoms with E-state index >= 15 is 0 Å². The van der Waals surface area contributed by atoms with E-state index in [0.717, 1.165) is 17.7 Å². The summed E-state index contributed by atoms with van der Waals surface area (Å²) in [5, 5.41) is 18.2. The van der Waals surface area contributed by atoms with E-state index in [0.29, 0.717) is 36.0 Å². The van der Waals surface area contributed by atoms with E-state index in [4.69, 9.17) is 21.9 Å². The molecule has 10 N–H and O–H groups in total. The lowest BCUT2D eigenvalue weighted by Crippen LogP contribution is -2.51. The third-order valence-electron chi connectivity index (χ3n) is 7.88. The van der Waals surface area contributed by atoms with Gasteiger partial charge < -0.3 is 42.8 Å². The summed E-state index contributed by atoms with van der Waals surface area (Å²) in [6.45, 7) is 0.230. The SMILES string of the molecule is N[C@@H]1C[C@H](N)C[C@H](NC(=O)CC[C@H](N)C(=O)N[C@H](CCc2ccc(C(F)(F)F)cc2)C(=O)Nc2ccc3c(c2)B(O)OC3)C1. The van der Waals surface area contributed by atoms with Gasteiger partial charge in [0.1, 0.15) is 6.04 Å². The molecule has 3 amide bonds. The van der Waals surface area contributed by atoms with Crippen LogP contribution in [0, 0.1) is 0 Å². The molecule has 5 atom stereocenters. The molecule has 0 bridgehead atoms. The molecule has 4 rings (SSSR count). The molecule has 0 spiro atoms. The fourth-order valence-electron chi connectivity index (χ4n) is 5.48. The summed E-state index contributed by atoms with van der Waals surface area (Å²) < 4.78 is 44.1. The van der Waals surface area contributed by atoms with Crippen LogP contribution in [-0.4, -0.2) is 60.1 Å². The van der Waals surface area contributed by atoms with Gasteiger partial charge in [0, 0.05) is 30.2 Å². The van der Waals surface area contributed by atoms with Crippen LogP contribution in [0.4, 0.5) is 18.9 Å². The van der Waals surface area contributed by atoms with Crippen LogP contribution in [0.25, 0.3) is 0 Å². The van der Waals surface area contributed by atoms with Crippen LogP contribution in [0.15, 0.2) is 42.5 Å². The molecule has 0 aromatic heterocycles. The second-order valence-electron chi connectivity index (χ2n) is 11.5. The lowest BCUT2D eigenvalue weighted by molar-refractivity contribution is -0.137. The van der Waals surface area contributed by atoms with Gasteiger partial charge >= 0.3 is 13.3 Å². The van der Waals surface area contributed by atoms with Gasteiger partial charge in [-0.1, -0.05) is 18.2 Å². The standard InChI is InChI=1S/C29H38BF3N6O5/c31-29(32,33)18-5-1-16(2-6-18)3-9-25(28(42)38-21-7-4-17-15-44-30(43)23(17)14-21)39-27(41)24(36)8-10-26(40)37-22-12-19(34)11-20(35)13-22/h1-2,4-7,14,19-20,22,24-25,43H,3,8-13,15,34-36H2,(H,37,40)(H,38,42)(H,39,41)/t19-,20+,22-,24-,25+/m0/s1. The molecule has 1 aliphatic heterocycles. The van der Waals surface area contributed by atoms with Crippen LogP contribution in [0.3, 0.4) is 0 Å². The molecule has 0 radical (unpaired) electrons. The third kappa shape index (κ3) is 9.25. The molecule has 2 aromatic carbocycles. The molecule has 0 unspecified atom stereocenters. The topological polar surface area (TPSA) is 195 Å². The summed E-state index contributed by atoms with van der Waals surface area (Å²) in [7, 11) is -1.13. The molecule has 0 saturated heterocycles. The Kier molecular flexibility index (Phi) is 11.0. The minimum atomic E-state index is -4.48. The van der Waals surface area contributed by atoms with E-state index in [1.807, 2.05) is 0 Å². The quantitative estimate of drug-likeness (QED) is 0.176. The van der Waals surface area contributed by atoms with E-state index in [1.54, 1.807) is 18.2 Å².